The first kappa shape index (κ1) is 24.4. The number of nitrogens with one attached hydrogen (secondary N) is 1. The second-order valence-electron chi connectivity index (χ2n) is 7.94. The number of fused-ring (bicyclic) bond motifs is 1. The van der Waals surface area contributed by atoms with Crippen molar-refractivity contribution < 1.29 is 27.6 Å². The van der Waals surface area contributed by atoms with Crippen LogP contribution >= 0.6 is 22.6 Å². The maximum atomic E-state index is 13.3. The van der Waals surface area contributed by atoms with E-state index >= 15 is 0 Å². The first-order valence-corrected chi connectivity index (χ1v) is 11.4. The molecule has 2 aliphatic heterocycles. The van der Waals surface area contributed by atoms with Crippen molar-refractivity contribution in [1.82, 2.24) is 19.8 Å². The van der Waals surface area contributed by atoms with Crippen molar-refractivity contribution in [2.45, 2.75) is 32.2 Å². The molecule has 1 N–H and O–H groups in total. The van der Waals surface area contributed by atoms with E-state index < -0.39 is 28.4 Å². The highest BCUT2D eigenvalue weighted by molar-refractivity contribution is 14.1. The van der Waals surface area contributed by atoms with Gasteiger partial charge in [-0.15, -0.1) is 0 Å². The van der Waals surface area contributed by atoms with Crippen molar-refractivity contribution in [1.29, 1.82) is 0 Å². The zero-order valence-corrected chi connectivity index (χ0v) is 20.1. The van der Waals surface area contributed by atoms with Crippen LogP contribution in [0, 0.1) is 13.9 Å². The number of carbonyl (C=O) groups excluding carboxylic acids is 1. The number of rotatable bonds is 4. The van der Waals surface area contributed by atoms with Gasteiger partial charge in [-0.1, -0.05) is 0 Å². The van der Waals surface area contributed by atoms with Crippen LogP contribution in [-0.4, -0.2) is 57.0 Å². The molecule has 14 heteroatoms. The molecule has 1 aromatic heterocycles. The normalized spacial score (nSPS) is 16.9. The van der Waals surface area contributed by atoms with Crippen molar-refractivity contribution in [3.05, 3.63) is 54.5 Å². The third kappa shape index (κ3) is 5.16. The van der Waals surface area contributed by atoms with Crippen LogP contribution in [-0.2, 0) is 24.0 Å². The topological polar surface area (TPSA) is 114 Å². The second-order valence-corrected chi connectivity index (χ2v) is 8.90. The van der Waals surface area contributed by atoms with Crippen molar-refractivity contribution in [3.63, 3.8) is 0 Å². The summed E-state index contributed by atoms with van der Waals surface area (Å²) in [5.74, 6) is 0.374. The van der Waals surface area contributed by atoms with E-state index in [-0.39, 0.29) is 24.7 Å². The van der Waals surface area contributed by atoms with E-state index in [1.165, 1.54) is 0 Å². The number of halogens is 4. The van der Waals surface area contributed by atoms with Gasteiger partial charge >= 0.3 is 12.2 Å². The molecule has 3 heterocycles. The monoisotopic (exact) mass is 592 g/mol. The van der Waals surface area contributed by atoms with Gasteiger partial charge in [-0.25, -0.2) is 14.8 Å². The van der Waals surface area contributed by atoms with E-state index in [0.29, 0.717) is 53.3 Å². The molecule has 2 aliphatic rings. The molecule has 0 saturated carbocycles. The smallest absolute Gasteiger partial charge is 0.378 e. The van der Waals surface area contributed by atoms with Gasteiger partial charge in [0.05, 0.1) is 48.5 Å². The van der Waals surface area contributed by atoms with Crippen molar-refractivity contribution in [3.8, 4) is 0 Å². The molecule has 182 valence electrons. The summed E-state index contributed by atoms with van der Waals surface area (Å²) in [6, 6.07) is 1.61. The van der Waals surface area contributed by atoms with Gasteiger partial charge in [0.25, 0.3) is 5.69 Å². The minimum absolute atomic E-state index is 0.0862. The molecular formula is C20H20F3IN6O4. The maximum Gasteiger partial charge on any atom is 0.416 e. The summed E-state index contributed by atoms with van der Waals surface area (Å²) < 4.78 is 45.6. The molecule has 1 aromatic carbocycles. The maximum absolute atomic E-state index is 13.3. The van der Waals surface area contributed by atoms with Crippen LogP contribution in [0.1, 0.15) is 35.3 Å². The lowest BCUT2D eigenvalue weighted by Gasteiger charge is -2.30. The average molecular weight is 592 g/mol. The molecule has 34 heavy (non-hydrogen) atoms. The van der Waals surface area contributed by atoms with Crippen LogP contribution < -0.4 is 5.32 Å². The Hall–Kier alpha value is -2.75. The zero-order valence-electron chi connectivity index (χ0n) is 17.9. The lowest BCUT2D eigenvalue weighted by Crippen LogP contribution is -2.46. The summed E-state index contributed by atoms with van der Waals surface area (Å²) in [7, 11) is 0. The number of carbonyl (C=O) groups is 1. The van der Waals surface area contributed by atoms with E-state index in [9.17, 15) is 28.1 Å². The number of nitrogens with zero attached hydrogens (tertiary/aromatic N) is 5. The standard InChI is InChI=1S/C20H20F3IN6O4/c1-11(12-6-13(20(21,22)23)8-14(7-12)30(32)33)25-17-15-9-29(10-16(15)26-18(24)27-17)19(31)28-2-4-34-5-3-28/h6-8,11H,2-5,9-10H2,1H3,(H,25,26,27)/t11-/m1/s1. The number of nitro groups is 1. The first-order chi connectivity index (χ1) is 16.0. The van der Waals surface area contributed by atoms with Gasteiger partial charge in [-0.05, 0) is 18.6 Å². The summed E-state index contributed by atoms with van der Waals surface area (Å²) in [5.41, 5.74) is -0.359. The van der Waals surface area contributed by atoms with Gasteiger partial charge in [-0.3, -0.25) is 10.1 Å². The van der Waals surface area contributed by atoms with Crippen molar-refractivity contribution in [2.75, 3.05) is 31.6 Å². The Balaban J connectivity index is 1.59. The number of hydrogen-bond donors (Lipinski definition) is 1. The third-order valence-electron chi connectivity index (χ3n) is 5.64. The fourth-order valence-corrected chi connectivity index (χ4v) is 4.41. The van der Waals surface area contributed by atoms with Crippen molar-refractivity contribution >= 4 is 40.1 Å². The Bertz CT molecular complexity index is 1130. The Morgan fingerprint density at radius 2 is 1.91 bits per heavy atom. The summed E-state index contributed by atoms with van der Waals surface area (Å²) in [4.78, 5) is 35.4. The van der Waals surface area contributed by atoms with Gasteiger partial charge in [0.1, 0.15) is 5.82 Å². The number of benzene rings is 1. The van der Waals surface area contributed by atoms with Crippen LogP contribution in [0.4, 0.5) is 29.5 Å². The summed E-state index contributed by atoms with van der Waals surface area (Å²) in [6.45, 7) is 4.03. The SMILES string of the molecule is C[C@@H](Nc1nc(I)nc2c1CN(C(=O)N1CCOCC1)C2)c1cc([N+](=O)[O-])cc(C(F)(F)F)c1. The number of morpholine rings is 1. The van der Waals surface area contributed by atoms with Gasteiger partial charge in [-0.2, -0.15) is 13.2 Å². The number of non-ortho nitro benzene ring substituents is 1. The summed E-state index contributed by atoms with van der Waals surface area (Å²) in [6.07, 6.45) is -4.73. The fourth-order valence-electron chi connectivity index (χ4n) is 3.88. The van der Waals surface area contributed by atoms with Crippen molar-refractivity contribution in [2.24, 2.45) is 0 Å². The van der Waals surface area contributed by atoms with Crippen LogP contribution in [0.25, 0.3) is 0 Å². The second kappa shape index (κ2) is 9.48. The van der Waals surface area contributed by atoms with Crippen LogP contribution in [0.5, 0.6) is 0 Å². The van der Waals surface area contributed by atoms with Gasteiger partial charge in [0.2, 0.25) is 0 Å². The Labute approximate surface area is 205 Å². The summed E-state index contributed by atoms with van der Waals surface area (Å²) >= 11 is 1.93. The first-order valence-electron chi connectivity index (χ1n) is 10.3. The minimum atomic E-state index is -4.73. The molecule has 1 saturated heterocycles. The van der Waals surface area contributed by atoms with Crippen LogP contribution in [0.15, 0.2) is 18.2 Å². The van der Waals surface area contributed by atoms with E-state index in [0.717, 1.165) is 12.1 Å². The number of amides is 2. The number of anilines is 1. The molecule has 0 aliphatic carbocycles. The zero-order chi connectivity index (χ0) is 24.6. The number of urea groups is 1. The number of ether oxygens (including phenoxy) is 1. The van der Waals surface area contributed by atoms with E-state index in [1.54, 1.807) is 16.7 Å². The molecule has 10 nitrogen and oxygen atoms in total. The average Bonchev–Trinajstić information content (AvgIpc) is 3.22. The Morgan fingerprint density at radius 3 is 2.56 bits per heavy atom. The number of aromatic nitrogens is 2. The third-order valence-corrected chi connectivity index (χ3v) is 6.12. The predicted molar refractivity (Wildman–Crippen MR) is 122 cm³/mol. The Kier molecular flexibility index (Phi) is 6.80. The highest BCUT2D eigenvalue weighted by Crippen LogP contribution is 2.36. The van der Waals surface area contributed by atoms with Crippen LogP contribution in [0.2, 0.25) is 0 Å². The molecule has 0 bridgehead atoms. The number of hydrogen-bond acceptors (Lipinski definition) is 7. The lowest BCUT2D eigenvalue weighted by atomic mass is 10.0. The minimum Gasteiger partial charge on any atom is -0.378 e. The number of alkyl halides is 3. The molecule has 0 unspecified atom stereocenters. The van der Waals surface area contributed by atoms with E-state index in [1.807, 2.05) is 22.6 Å². The predicted octanol–water partition coefficient (Wildman–Crippen LogP) is 3.95. The number of nitro benzene ring substituents is 1. The molecule has 1 atom stereocenters. The molecule has 0 spiro atoms. The fraction of sp³-hybridized carbons (Fsp3) is 0.450. The van der Waals surface area contributed by atoms with E-state index in [2.05, 4.69) is 15.3 Å². The highest BCUT2D eigenvalue weighted by Gasteiger charge is 2.34. The quantitative estimate of drug-likeness (QED) is 0.248. The molecule has 2 aromatic rings. The van der Waals surface area contributed by atoms with Gasteiger partial charge in [0.15, 0.2) is 3.83 Å². The largest absolute Gasteiger partial charge is 0.416 e. The van der Waals surface area contributed by atoms with Gasteiger partial charge in [0, 0.05) is 53.4 Å². The van der Waals surface area contributed by atoms with Crippen LogP contribution in [0.3, 0.4) is 0 Å². The molecule has 0 radical (unpaired) electrons. The highest BCUT2D eigenvalue weighted by atomic mass is 127. The lowest BCUT2D eigenvalue weighted by molar-refractivity contribution is -0.385. The molecule has 2 amide bonds. The molecule has 1 fully saturated rings. The van der Waals surface area contributed by atoms with Gasteiger partial charge < -0.3 is 19.9 Å². The summed E-state index contributed by atoms with van der Waals surface area (Å²) in [5, 5.41) is 14.3. The molecule has 4 rings (SSSR count). The molecular weight excluding hydrogens is 572 g/mol. The Morgan fingerprint density at radius 1 is 1.21 bits per heavy atom. The van der Waals surface area contributed by atoms with E-state index in [4.69, 9.17) is 4.74 Å².